The molecule has 0 bridgehead atoms. The fourth-order valence-corrected chi connectivity index (χ4v) is 2.92. The van der Waals surface area contributed by atoms with Gasteiger partial charge in [-0.05, 0) is 35.9 Å². The molecule has 0 saturated heterocycles. The van der Waals surface area contributed by atoms with Crippen molar-refractivity contribution in [2.75, 3.05) is 10.6 Å². The van der Waals surface area contributed by atoms with Gasteiger partial charge in [0.25, 0.3) is 0 Å². The number of rotatable bonds is 4. The van der Waals surface area contributed by atoms with E-state index in [0.29, 0.717) is 22.4 Å². The lowest BCUT2D eigenvalue weighted by Gasteiger charge is -2.16. The number of carbonyl (C=O) groups excluding carboxylic acids is 1. The van der Waals surface area contributed by atoms with Crippen LogP contribution in [0.15, 0.2) is 83.9 Å². The van der Waals surface area contributed by atoms with Crippen molar-refractivity contribution in [2.24, 2.45) is 0 Å². The molecule has 0 spiro atoms. The molecule has 2 N–H and O–H groups in total. The van der Waals surface area contributed by atoms with Gasteiger partial charge in [0, 0.05) is 23.5 Å². The Morgan fingerprint density at radius 1 is 0.929 bits per heavy atom. The number of benzene rings is 2. The Morgan fingerprint density at radius 3 is 2.50 bits per heavy atom. The molecule has 0 aliphatic heterocycles. The molecule has 0 saturated carbocycles. The summed E-state index contributed by atoms with van der Waals surface area (Å²) in [5.41, 5.74) is 1.55. The molecule has 0 unspecified atom stereocenters. The van der Waals surface area contributed by atoms with Crippen molar-refractivity contribution >= 4 is 28.4 Å². The molecule has 7 heteroatoms. The summed E-state index contributed by atoms with van der Waals surface area (Å²) in [6.07, 6.45) is 3.34. The maximum atomic E-state index is 12.7. The molecule has 0 aliphatic rings. The predicted molar refractivity (Wildman–Crippen MR) is 108 cm³/mol. The molecule has 7 nitrogen and oxygen atoms in total. The van der Waals surface area contributed by atoms with Gasteiger partial charge in [-0.15, -0.1) is 0 Å². The Labute approximate surface area is 160 Å². The fourth-order valence-electron chi connectivity index (χ4n) is 2.92. The van der Waals surface area contributed by atoms with E-state index in [-0.39, 0.29) is 6.54 Å². The maximum absolute atomic E-state index is 12.7. The number of urea groups is 1. The number of pyridine rings is 1. The first-order chi connectivity index (χ1) is 13.7. The maximum Gasteiger partial charge on any atom is 0.350 e. The van der Waals surface area contributed by atoms with Crippen molar-refractivity contribution in [1.82, 2.24) is 14.5 Å². The molecule has 28 heavy (non-hydrogen) atoms. The summed E-state index contributed by atoms with van der Waals surface area (Å²) in [5, 5.41) is 6.26. The SMILES string of the molecule is O=C(Nc1ccccc1)Nc1c2ccccc2nc(=O)n1Cc1cccnc1. The Kier molecular flexibility index (Phi) is 4.79. The first-order valence-electron chi connectivity index (χ1n) is 8.72. The molecule has 2 heterocycles. The molecule has 0 aliphatic carbocycles. The zero-order chi connectivity index (χ0) is 19.3. The summed E-state index contributed by atoms with van der Waals surface area (Å²) in [7, 11) is 0. The molecule has 2 aromatic carbocycles. The summed E-state index contributed by atoms with van der Waals surface area (Å²) >= 11 is 0. The summed E-state index contributed by atoms with van der Waals surface area (Å²) < 4.78 is 1.43. The second-order valence-corrected chi connectivity index (χ2v) is 6.15. The number of anilines is 2. The van der Waals surface area contributed by atoms with Crippen molar-refractivity contribution in [3.05, 3.63) is 95.2 Å². The van der Waals surface area contributed by atoms with Crippen LogP contribution in [0, 0.1) is 0 Å². The first kappa shape index (κ1) is 17.4. The Bertz CT molecular complexity index is 1170. The van der Waals surface area contributed by atoms with Gasteiger partial charge in [0.05, 0.1) is 12.1 Å². The average molecular weight is 371 g/mol. The minimum absolute atomic E-state index is 0.242. The van der Waals surface area contributed by atoms with E-state index in [1.165, 1.54) is 4.57 Å². The van der Waals surface area contributed by atoms with E-state index in [1.807, 2.05) is 36.4 Å². The zero-order valence-corrected chi connectivity index (χ0v) is 14.9. The highest BCUT2D eigenvalue weighted by atomic mass is 16.2. The van der Waals surface area contributed by atoms with Gasteiger partial charge in [0.2, 0.25) is 0 Å². The molecule has 2 amide bonds. The Balaban J connectivity index is 1.74. The second kappa shape index (κ2) is 7.71. The third-order valence-electron chi connectivity index (χ3n) is 4.20. The molecule has 0 radical (unpaired) electrons. The molecule has 138 valence electrons. The highest BCUT2D eigenvalue weighted by molar-refractivity contribution is 6.04. The van der Waals surface area contributed by atoms with Gasteiger partial charge in [0.15, 0.2) is 0 Å². The monoisotopic (exact) mass is 371 g/mol. The number of hydrogen-bond donors (Lipinski definition) is 2. The van der Waals surface area contributed by atoms with Gasteiger partial charge in [0.1, 0.15) is 5.82 Å². The lowest BCUT2D eigenvalue weighted by Crippen LogP contribution is -2.30. The molecule has 2 aromatic heterocycles. The largest absolute Gasteiger partial charge is 0.350 e. The number of aromatic nitrogens is 3. The zero-order valence-electron chi connectivity index (χ0n) is 14.9. The standard InChI is InChI=1S/C21H17N5O2/c27-20(23-16-8-2-1-3-9-16)25-19-17-10-4-5-11-18(17)24-21(28)26(19)14-15-7-6-12-22-13-15/h1-13H,14H2,(H2,23,25,27). The van der Waals surface area contributed by atoms with Crippen LogP contribution in [-0.2, 0) is 6.54 Å². The van der Waals surface area contributed by atoms with E-state index in [9.17, 15) is 9.59 Å². The number of carbonyl (C=O) groups is 1. The summed E-state index contributed by atoms with van der Waals surface area (Å²) in [6, 6.07) is 19.5. The van der Waals surface area contributed by atoms with Crippen LogP contribution < -0.4 is 16.3 Å². The predicted octanol–water partition coefficient (Wildman–Crippen LogP) is 3.48. The number of para-hydroxylation sites is 2. The van der Waals surface area contributed by atoms with Gasteiger partial charge >= 0.3 is 11.7 Å². The molecular weight excluding hydrogens is 354 g/mol. The Morgan fingerprint density at radius 2 is 1.71 bits per heavy atom. The quantitative estimate of drug-likeness (QED) is 0.575. The summed E-state index contributed by atoms with van der Waals surface area (Å²) in [4.78, 5) is 33.5. The van der Waals surface area contributed by atoms with E-state index >= 15 is 0 Å². The Hall–Kier alpha value is -4.00. The summed E-state index contributed by atoms with van der Waals surface area (Å²) in [6.45, 7) is 0.242. The number of nitrogens with zero attached hydrogens (tertiary/aromatic N) is 3. The molecule has 0 atom stereocenters. The molecule has 0 fully saturated rings. The normalized spacial score (nSPS) is 10.6. The van der Waals surface area contributed by atoms with Crippen molar-refractivity contribution in [3.8, 4) is 0 Å². The van der Waals surface area contributed by atoms with Crippen molar-refractivity contribution in [2.45, 2.75) is 6.54 Å². The van der Waals surface area contributed by atoms with Gasteiger partial charge in [-0.1, -0.05) is 36.4 Å². The number of hydrogen-bond acceptors (Lipinski definition) is 4. The average Bonchev–Trinajstić information content (AvgIpc) is 2.72. The number of fused-ring (bicyclic) bond motifs is 1. The minimum Gasteiger partial charge on any atom is -0.308 e. The molecule has 4 rings (SSSR count). The van der Waals surface area contributed by atoms with Gasteiger partial charge in [-0.3, -0.25) is 14.9 Å². The summed E-state index contributed by atoms with van der Waals surface area (Å²) in [5.74, 6) is 0.382. The van der Waals surface area contributed by atoms with Gasteiger partial charge in [-0.2, -0.15) is 4.98 Å². The fraction of sp³-hybridized carbons (Fsp3) is 0.0476. The van der Waals surface area contributed by atoms with E-state index in [2.05, 4.69) is 20.6 Å². The van der Waals surface area contributed by atoms with Crippen LogP contribution in [-0.4, -0.2) is 20.6 Å². The number of amides is 2. The highest BCUT2D eigenvalue weighted by Crippen LogP contribution is 2.21. The number of nitrogens with one attached hydrogen (secondary N) is 2. The first-order valence-corrected chi connectivity index (χ1v) is 8.72. The van der Waals surface area contributed by atoms with Crippen molar-refractivity contribution in [1.29, 1.82) is 0 Å². The van der Waals surface area contributed by atoms with Crippen molar-refractivity contribution < 1.29 is 4.79 Å². The smallest absolute Gasteiger partial charge is 0.308 e. The van der Waals surface area contributed by atoms with Crippen LogP contribution in [0.4, 0.5) is 16.3 Å². The lowest BCUT2D eigenvalue weighted by atomic mass is 10.2. The second-order valence-electron chi connectivity index (χ2n) is 6.15. The van der Waals surface area contributed by atoms with E-state index in [4.69, 9.17) is 0 Å². The third-order valence-corrected chi connectivity index (χ3v) is 4.20. The lowest BCUT2D eigenvalue weighted by molar-refractivity contribution is 0.262. The molecule has 4 aromatic rings. The van der Waals surface area contributed by atoms with Crippen LogP contribution in [0.25, 0.3) is 10.9 Å². The van der Waals surface area contributed by atoms with E-state index < -0.39 is 11.7 Å². The molecular formula is C21H17N5O2. The highest BCUT2D eigenvalue weighted by Gasteiger charge is 2.14. The van der Waals surface area contributed by atoms with E-state index in [1.54, 1.807) is 42.7 Å². The van der Waals surface area contributed by atoms with E-state index in [0.717, 1.165) is 5.56 Å². The van der Waals surface area contributed by atoms with Crippen molar-refractivity contribution in [3.63, 3.8) is 0 Å². The van der Waals surface area contributed by atoms with Crippen LogP contribution in [0.1, 0.15) is 5.56 Å². The topological polar surface area (TPSA) is 88.9 Å². The van der Waals surface area contributed by atoms with Crippen LogP contribution in [0.3, 0.4) is 0 Å². The minimum atomic E-state index is -0.447. The third kappa shape index (κ3) is 3.73. The van der Waals surface area contributed by atoms with Crippen LogP contribution in [0.5, 0.6) is 0 Å². The van der Waals surface area contributed by atoms with Gasteiger partial charge in [-0.25, -0.2) is 9.59 Å². The van der Waals surface area contributed by atoms with Crippen LogP contribution >= 0.6 is 0 Å². The van der Waals surface area contributed by atoms with Gasteiger partial charge < -0.3 is 5.32 Å². The van der Waals surface area contributed by atoms with Crippen LogP contribution in [0.2, 0.25) is 0 Å².